The number of H-pyrrole nitrogens is 1. The number of hydrogen-bond donors (Lipinski definition) is 1. The fourth-order valence-corrected chi connectivity index (χ4v) is 1.94. The van der Waals surface area contributed by atoms with E-state index in [2.05, 4.69) is 4.98 Å². The van der Waals surface area contributed by atoms with E-state index in [4.69, 9.17) is 0 Å². The van der Waals surface area contributed by atoms with Crippen LogP contribution in [0.25, 0.3) is 10.2 Å². The SMILES string of the molecule is CC(=O)c1cc2cc[nH]c2s1. The van der Waals surface area contributed by atoms with Crippen LogP contribution in [0.5, 0.6) is 0 Å². The first kappa shape index (κ1) is 6.61. The summed E-state index contributed by atoms with van der Waals surface area (Å²) < 4.78 is 0. The molecular formula is C8H7NOS. The zero-order valence-corrected chi connectivity index (χ0v) is 6.87. The van der Waals surface area contributed by atoms with Gasteiger partial charge >= 0.3 is 0 Å². The number of carbonyl (C=O) groups is 1. The predicted molar refractivity (Wildman–Crippen MR) is 46.2 cm³/mol. The monoisotopic (exact) mass is 165 g/mol. The average Bonchev–Trinajstić information content (AvgIpc) is 2.40. The molecule has 0 aliphatic rings. The lowest BCUT2D eigenvalue weighted by molar-refractivity contribution is 0.102. The third-order valence-electron chi connectivity index (χ3n) is 1.59. The average molecular weight is 165 g/mol. The van der Waals surface area contributed by atoms with Gasteiger partial charge in [0.2, 0.25) is 0 Å². The van der Waals surface area contributed by atoms with Gasteiger partial charge in [0.05, 0.1) is 4.88 Å². The minimum absolute atomic E-state index is 0.139. The second kappa shape index (κ2) is 2.20. The van der Waals surface area contributed by atoms with Crippen LogP contribution in [0.3, 0.4) is 0 Å². The maximum absolute atomic E-state index is 10.9. The molecule has 0 aromatic carbocycles. The highest BCUT2D eigenvalue weighted by Crippen LogP contribution is 2.23. The van der Waals surface area contributed by atoms with E-state index < -0.39 is 0 Å². The molecule has 0 spiro atoms. The second-order valence-electron chi connectivity index (χ2n) is 2.43. The quantitative estimate of drug-likeness (QED) is 0.647. The van der Waals surface area contributed by atoms with Crippen LogP contribution >= 0.6 is 11.3 Å². The third kappa shape index (κ3) is 0.973. The van der Waals surface area contributed by atoms with Crippen LogP contribution in [-0.2, 0) is 0 Å². The molecule has 0 aliphatic carbocycles. The predicted octanol–water partition coefficient (Wildman–Crippen LogP) is 2.43. The van der Waals surface area contributed by atoms with Gasteiger partial charge in [0, 0.05) is 11.6 Å². The fourth-order valence-electron chi connectivity index (χ4n) is 1.02. The van der Waals surface area contributed by atoms with Gasteiger partial charge in [-0.15, -0.1) is 11.3 Å². The van der Waals surface area contributed by atoms with Gasteiger partial charge in [-0.3, -0.25) is 4.79 Å². The Morgan fingerprint density at radius 1 is 1.64 bits per heavy atom. The molecule has 0 unspecified atom stereocenters. The number of carbonyl (C=O) groups excluding carboxylic acids is 1. The molecule has 0 radical (unpaired) electrons. The van der Waals surface area contributed by atoms with Crippen LogP contribution in [0.4, 0.5) is 0 Å². The first-order valence-electron chi connectivity index (χ1n) is 3.35. The van der Waals surface area contributed by atoms with Gasteiger partial charge in [-0.1, -0.05) is 0 Å². The maximum Gasteiger partial charge on any atom is 0.169 e. The van der Waals surface area contributed by atoms with Crippen LogP contribution in [0.1, 0.15) is 16.6 Å². The maximum atomic E-state index is 10.9. The first-order chi connectivity index (χ1) is 5.27. The van der Waals surface area contributed by atoms with Crippen molar-refractivity contribution in [3.63, 3.8) is 0 Å². The van der Waals surface area contributed by atoms with Gasteiger partial charge in [-0.25, -0.2) is 0 Å². The number of nitrogens with one attached hydrogen (secondary N) is 1. The highest BCUT2D eigenvalue weighted by molar-refractivity contribution is 7.20. The first-order valence-corrected chi connectivity index (χ1v) is 4.17. The van der Waals surface area contributed by atoms with E-state index in [0.29, 0.717) is 0 Å². The largest absolute Gasteiger partial charge is 0.353 e. The molecular weight excluding hydrogens is 158 g/mol. The zero-order valence-electron chi connectivity index (χ0n) is 6.05. The van der Waals surface area contributed by atoms with Gasteiger partial charge < -0.3 is 4.98 Å². The highest BCUT2D eigenvalue weighted by Gasteiger charge is 2.04. The summed E-state index contributed by atoms with van der Waals surface area (Å²) in [5.74, 6) is 0.139. The van der Waals surface area contributed by atoms with Gasteiger partial charge in [0.25, 0.3) is 0 Å². The molecule has 0 aliphatic heterocycles. The summed E-state index contributed by atoms with van der Waals surface area (Å²) in [6, 6.07) is 3.89. The third-order valence-corrected chi connectivity index (χ3v) is 2.77. The van der Waals surface area contributed by atoms with Crippen molar-refractivity contribution < 1.29 is 4.79 Å². The Bertz CT molecular complexity index is 370. The Morgan fingerprint density at radius 3 is 3.09 bits per heavy atom. The van der Waals surface area contributed by atoms with Crippen molar-refractivity contribution in [3.05, 3.63) is 23.2 Å². The summed E-state index contributed by atoms with van der Waals surface area (Å²) in [5.41, 5.74) is 0. The van der Waals surface area contributed by atoms with Crippen molar-refractivity contribution in [3.8, 4) is 0 Å². The van der Waals surface area contributed by atoms with E-state index in [9.17, 15) is 4.79 Å². The van der Waals surface area contributed by atoms with Crippen LogP contribution in [-0.4, -0.2) is 10.8 Å². The molecule has 2 heterocycles. The lowest BCUT2D eigenvalue weighted by Gasteiger charge is -1.81. The minimum atomic E-state index is 0.139. The van der Waals surface area contributed by atoms with Gasteiger partial charge in [0.15, 0.2) is 5.78 Å². The van der Waals surface area contributed by atoms with Crippen molar-refractivity contribution in [2.24, 2.45) is 0 Å². The molecule has 2 aromatic rings. The molecule has 2 nitrogen and oxygen atoms in total. The topological polar surface area (TPSA) is 32.9 Å². The van der Waals surface area contributed by atoms with E-state index in [0.717, 1.165) is 15.1 Å². The number of aromatic amines is 1. The smallest absolute Gasteiger partial charge is 0.169 e. The number of Topliss-reactive ketones (excluding diaryl/α,β-unsaturated/α-hetero) is 1. The number of hydrogen-bond acceptors (Lipinski definition) is 2. The van der Waals surface area contributed by atoms with Crippen molar-refractivity contribution in [2.75, 3.05) is 0 Å². The van der Waals surface area contributed by atoms with Gasteiger partial charge in [-0.05, 0) is 19.1 Å². The Hall–Kier alpha value is -1.09. The lowest BCUT2D eigenvalue weighted by atomic mass is 10.3. The summed E-state index contributed by atoms with van der Waals surface area (Å²) in [4.78, 5) is 15.9. The standard InChI is InChI=1S/C8H7NOS/c1-5(10)7-4-6-2-3-9-8(6)11-7/h2-4,9H,1H3. The molecule has 11 heavy (non-hydrogen) atoms. The summed E-state index contributed by atoms with van der Waals surface area (Å²) in [6.07, 6.45) is 1.88. The molecule has 2 aromatic heterocycles. The summed E-state index contributed by atoms with van der Waals surface area (Å²) in [7, 11) is 0. The van der Waals surface area contributed by atoms with Gasteiger partial charge in [-0.2, -0.15) is 0 Å². The molecule has 1 N–H and O–H groups in total. The molecule has 56 valence electrons. The Labute approximate surface area is 67.9 Å². The Morgan fingerprint density at radius 2 is 2.45 bits per heavy atom. The number of thiophene rings is 1. The minimum Gasteiger partial charge on any atom is -0.353 e. The second-order valence-corrected chi connectivity index (χ2v) is 3.48. The van der Waals surface area contributed by atoms with Crippen molar-refractivity contribution in [1.29, 1.82) is 0 Å². The normalized spacial score (nSPS) is 10.6. The van der Waals surface area contributed by atoms with E-state index >= 15 is 0 Å². The van der Waals surface area contributed by atoms with Crippen molar-refractivity contribution in [2.45, 2.75) is 6.92 Å². The van der Waals surface area contributed by atoms with Gasteiger partial charge in [0.1, 0.15) is 4.83 Å². The zero-order chi connectivity index (χ0) is 7.84. The summed E-state index contributed by atoms with van der Waals surface area (Å²) in [6.45, 7) is 1.59. The Kier molecular flexibility index (Phi) is 1.32. The number of rotatable bonds is 1. The van der Waals surface area contributed by atoms with E-state index in [1.807, 2.05) is 18.3 Å². The summed E-state index contributed by atoms with van der Waals surface area (Å²) in [5, 5.41) is 1.13. The van der Waals surface area contributed by atoms with E-state index in [1.54, 1.807) is 6.92 Å². The molecule has 3 heteroatoms. The molecule has 0 bridgehead atoms. The van der Waals surface area contributed by atoms with Crippen LogP contribution in [0.2, 0.25) is 0 Å². The molecule has 0 saturated heterocycles. The fraction of sp³-hybridized carbons (Fsp3) is 0.125. The lowest BCUT2D eigenvalue weighted by Crippen LogP contribution is -1.83. The molecule has 0 amide bonds. The van der Waals surface area contributed by atoms with Crippen molar-refractivity contribution in [1.82, 2.24) is 4.98 Å². The van der Waals surface area contributed by atoms with Crippen molar-refractivity contribution >= 4 is 27.3 Å². The molecule has 0 saturated carbocycles. The molecule has 2 rings (SSSR count). The van der Waals surface area contributed by atoms with Crippen LogP contribution in [0.15, 0.2) is 18.3 Å². The number of ketones is 1. The highest BCUT2D eigenvalue weighted by atomic mass is 32.1. The van der Waals surface area contributed by atoms with Crippen LogP contribution in [0, 0.1) is 0 Å². The molecule has 0 atom stereocenters. The van der Waals surface area contributed by atoms with Crippen LogP contribution < -0.4 is 0 Å². The van der Waals surface area contributed by atoms with E-state index in [1.165, 1.54) is 11.3 Å². The Balaban J connectivity index is 2.67. The summed E-state index contributed by atoms with van der Waals surface area (Å²) >= 11 is 1.51. The van der Waals surface area contributed by atoms with E-state index in [-0.39, 0.29) is 5.78 Å². The number of fused-ring (bicyclic) bond motifs is 1. The molecule has 0 fully saturated rings. The number of aromatic nitrogens is 1.